The summed E-state index contributed by atoms with van der Waals surface area (Å²) < 4.78 is 0. The minimum atomic E-state index is 0.441. The molecule has 82 valence electrons. The summed E-state index contributed by atoms with van der Waals surface area (Å²) in [5.74, 6) is 0.441. The molecule has 0 saturated heterocycles. The van der Waals surface area contributed by atoms with Crippen molar-refractivity contribution in [3.05, 3.63) is 23.9 Å². The second-order valence-electron chi connectivity index (χ2n) is 3.12. The molecule has 0 aliphatic rings. The highest BCUT2D eigenvalue weighted by molar-refractivity contribution is 5.79. The predicted molar refractivity (Wildman–Crippen MR) is 67.9 cm³/mol. The molecule has 0 aliphatic heterocycles. The van der Waals surface area contributed by atoms with Crippen molar-refractivity contribution >= 4 is 6.21 Å². The second kappa shape index (κ2) is 10.2. The van der Waals surface area contributed by atoms with E-state index in [0.29, 0.717) is 5.92 Å². The van der Waals surface area contributed by atoms with E-state index in [-0.39, 0.29) is 0 Å². The van der Waals surface area contributed by atoms with E-state index in [1.807, 2.05) is 27.0 Å². The Kier molecular flexibility index (Phi) is 11.4. The molecule has 0 bridgehead atoms. The minimum absolute atomic E-state index is 0.441. The first-order valence-electron chi connectivity index (χ1n) is 5.49. The summed E-state index contributed by atoms with van der Waals surface area (Å²) in [7, 11) is 0. The number of rotatable bonds is 4. The van der Waals surface area contributed by atoms with Crippen LogP contribution in [0.25, 0.3) is 0 Å². The largest absolute Gasteiger partial charge is 0.261 e. The van der Waals surface area contributed by atoms with Gasteiger partial charge in [0.1, 0.15) is 0 Å². The fourth-order valence-electron chi connectivity index (χ4n) is 0.685. The molecule has 0 radical (unpaired) electrons. The fraction of sp³-hybridized carbons (Fsp3) is 0.615. The van der Waals surface area contributed by atoms with Gasteiger partial charge in [-0.1, -0.05) is 47.3 Å². The van der Waals surface area contributed by atoms with Crippen molar-refractivity contribution in [1.29, 1.82) is 0 Å². The monoisotopic (exact) mass is 195 g/mol. The van der Waals surface area contributed by atoms with Gasteiger partial charge in [0.05, 0.1) is 0 Å². The summed E-state index contributed by atoms with van der Waals surface area (Å²) in [6.45, 7) is 16.2. The van der Waals surface area contributed by atoms with Gasteiger partial charge in [-0.2, -0.15) is 0 Å². The summed E-state index contributed by atoms with van der Waals surface area (Å²) in [4.78, 5) is 4.28. The van der Waals surface area contributed by atoms with Crippen molar-refractivity contribution in [3.63, 3.8) is 0 Å². The smallest absolute Gasteiger partial charge is 0.0357 e. The molecular weight excluding hydrogens is 170 g/mol. The van der Waals surface area contributed by atoms with Crippen LogP contribution in [0.2, 0.25) is 0 Å². The molecule has 14 heavy (non-hydrogen) atoms. The lowest BCUT2D eigenvalue weighted by Gasteiger charge is -2.02. The second-order valence-corrected chi connectivity index (χ2v) is 3.12. The summed E-state index contributed by atoms with van der Waals surface area (Å²) >= 11 is 0. The standard InChI is InChI=1S/C11H19N.C2H6/c1-6-11(7-2)8-12-10(5)9(3)4;1-2/h6,8-9H,5,7H2,1-4H3;1-2H3/b11-6-,12-8?;. The van der Waals surface area contributed by atoms with Gasteiger partial charge in [-0.05, 0) is 24.8 Å². The van der Waals surface area contributed by atoms with Gasteiger partial charge in [0.25, 0.3) is 0 Å². The van der Waals surface area contributed by atoms with E-state index < -0.39 is 0 Å². The Morgan fingerprint density at radius 3 is 2.14 bits per heavy atom. The van der Waals surface area contributed by atoms with Crippen LogP contribution in [0.15, 0.2) is 28.9 Å². The average molecular weight is 195 g/mol. The fourth-order valence-corrected chi connectivity index (χ4v) is 0.685. The van der Waals surface area contributed by atoms with E-state index in [2.05, 4.69) is 38.4 Å². The minimum Gasteiger partial charge on any atom is -0.261 e. The molecule has 0 amide bonds. The predicted octanol–water partition coefficient (Wildman–Crippen LogP) is 4.61. The summed E-state index contributed by atoms with van der Waals surface area (Å²) in [5, 5.41) is 0. The maximum Gasteiger partial charge on any atom is 0.0357 e. The first-order valence-corrected chi connectivity index (χ1v) is 5.49. The first kappa shape index (κ1) is 15.6. The lowest BCUT2D eigenvalue weighted by molar-refractivity contribution is 0.763. The van der Waals surface area contributed by atoms with Crippen LogP contribution in [0, 0.1) is 5.92 Å². The van der Waals surface area contributed by atoms with Crippen molar-refractivity contribution in [2.24, 2.45) is 10.9 Å². The van der Waals surface area contributed by atoms with Gasteiger partial charge in [0.15, 0.2) is 0 Å². The van der Waals surface area contributed by atoms with Gasteiger partial charge in [0.2, 0.25) is 0 Å². The van der Waals surface area contributed by atoms with Crippen LogP contribution >= 0.6 is 0 Å². The number of aliphatic imine (C=N–C) groups is 1. The van der Waals surface area contributed by atoms with Crippen LogP contribution in [0.1, 0.15) is 48.0 Å². The Morgan fingerprint density at radius 2 is 1.86 bits per heavy atom. The van der Waals surface area contributed by atoms with Gasteiger partial charge >= 0.3 is 0 Å². The van der Waals surface area contributed by atoms with Crippen molar-refractivity contribution < 1.29 is 0 Å². The molecular formula is C13H25N. The molecule has 0 fully saturated rings. The topological polar surface area (TPSA) is 12.4 Å². The van der Waals surface area contributed by atoms with E-state index in [9.17, 15) is 0 Å². The molecule has 0 rings (SSSR count). The van der Waals surface area contributed by atoms with E-state index >= 15 is 0 Å². The molecule has 0 aromatic carbocycles. The third-order valence-electron chi connectivity index (χ3n) is 1.84. The number of hydrogen-bond acceptors (Lipinski definition) is 1. The Balaban J connectivity index is 0. The molecule has 0 N–H and O–H groups in total. The quantitative estimate of drug-likeness (QED) is 0.581. The normalized spacial score (nSPS) is 11.5. The van der Waals surface area contributed by atoms with E-state index in [1.54, 1.807) is 0 Å². The molecule has 1 nitrogen and oxygen atoms in total. The molecule has 0 aromatic rings. The van der Waals surface area contributed by atoms with Crippen LogP contribution < -0.4 is 0 Å². The summed E-state index contributed by atoms with van der Waals surface area (Å²) in [6.07, 6.45) is 5.02. The molecule has 0 aromatic heterocycles. The molecule has 0 saturated carbocycles. The highest BCUT2D eigenvalue weighted by Gasteiger charge is 1.95. The summed E-state index contributed by atoms with van der Waals surface area (Å²) in [6, 6.07) is 0. The van der Waals surface area contributed by atoms with Crippen LogP contribution in [0.5, 0.6) is 0 Å². The van der Waals surface area contributed by atoms with Crippen LogP contribution in [0.4, 0.5) is 0 Å². The number of allylic oxidation sites excluding steroid dienone is 3. The van der Waals surface area contributed by atoms with Crippen molar-refractivity contribution in [2.75, 3.05) is 0 Å². The molecule has 0 unspecified atom stereocenters. The lowest BCUT2D eigenvalue weighted by atomic mass is 10.1. The number of hydrogen-bond donors (Lipinski definition) is 0. The van der Waals surface area contributed by atoms with E-state index in [1.165, 1.54) is 5.57 Å². The Hall–Kier alpha value is -0.850. The van der Waals surface area contributed by atoms with E-state index in [0.717, 1.165) is 12.1 Å². The SMILES string of the molecule is C=C(N=C/C(=C\C)CC)C(C)C.CC. The molecule has 0 heterocycles. The zero-order valence-corrected chi connectivity index (χ0v) is 10.6. The van der Waals surface area contributed by atoms with Crippen LogP contribution in [-0.2, 0) is 0 Å². The third-order valence-corrected chi connectivity index (χ3v) is 1.84. The van der Waals surface area contributed by atoms with E-state index in [4.69, 9.17) is 0 Å². The first-order chi connectivity index (χ1) is 6.61. The Bertz CT molecular complexity index is 197. The average Bonchev–Trinajstić information content (AvgIpc) is 2.22. The highest BCUT2D eigenvalue weighted by Crippen LogP contribution is 2.08. The van der Waals surface area contributed by atoms with Gasteiger partial charge < -0.3 is 0 Å². The zero-order chi connectivity index (χ0) is 11.6. The Morgan fingerprint density at radius 1 is 1.36 bits per heavy atom. The van der Waals surface area contributed by atoms with Gasteiger partial charge in [-0.15, -0.1) is 0 Å². The van der Waals surface area contributed by atoms with Gasteiger partial charge in [0, 0.05) is 11.9 Å². The lowest BCUT2D eigenvalue weighted by Crippen LogP contribution is -1.90. The van der Waals surface area contributed by atoms with Gasteiger partial charge in [-0.3, -0.25) is 4.99 Å². The molecule has 0 spiro atoms. The van der Waals surface area contributed by atoms with Crippen molar-refractivity contribution in [2.45, 2.75) is 48.0 Å². The Labute approximate surface area is 89.6 Å². The van der Waals surface area contributed by atoms with Crippen molar-refractivity contribution in [1.82, 2.24) is 0 Å². The summed E-state index contributed by atoms with van der Waals surface area (Å²) in [5.41, 5.74) is 2.21. The zero-order valence-electron chi connectivity index (χ0n) is 10.6. The molecule has 1 heteroatoms. The molecule has 0 aliphatic carbocycles. The third kappa shape index (κ3) is 7.78. The van der Waals surface area contributed by atoms with Gasteiger partial charge in [-0.25, -0.2) is 0 Å². The molecule has 0 atom stereocenters. The van der Waals surface area contributed by atoms with Crippen LogP contribution in [-0.4, -0.2) is 6.21 Å². The maximum atomic E-state index is 4.28. The highest BCUT2D eigenvalue weighted by atomic mass is 14.7. The van der Waals surface area contributed by atoms with Crippen molar-refractivity contribution in [3.8, 4) is 0 Å². The maximum absolute atomic E-state index is 4.28. The number of nitrogens with zero attached hydrogens (tertiary/aromatic N) is 1. The van der Waals surface area contributed by atoms with Crippen LogP contribution in [0.3, 0.4) is 0 Å².